The average Bonchev–Trinajstić information content (AvgIpc) is 3.06. The maximum absolute atomic E-state index is 13.5. The molecule has 0 unspecified atom stereocenters. The number of carboxylic acids is 1. The van der Waals surface area contributed by atoms with Crippen LogP contribution in [0, 0.1) is 5.82 Å². The van der Waals surface area contributed by atoms with Crippen LogP contribution in [0.15, 0.2) is 30.3 Å². The van der Waals surface area contributed by atoms with E-state index < -0.39 is 5.97 Å². The number of carbonyl (C=O) groups is 2. The number of aromatic carboxylic acids is 1. The predicted molar refractivity (Wildman–Crippen MR) is 109 cm³/mol. The quantitative estimate of drug-likeness (QED) is 0.708. The number of rotatable bonds is 4. The van der Waals surface area contributed by atoms with E-state index >= 15 is 0 Å². The molecule has 2 fully saturated rings. The standard InChI is InChI=1S/C22H21FN4O3/c23-14-4-6-15(7-5-14)27-21-19(20(25-27)13-2-1-3-13)18(12-17(24-21)22(29)30)26-10-8-16(28)9-11-26/h4-7,12-13H,1-3,8-11H2,(H,29,30). The van der Waals surface area contributed by atoms with Crippen molar-refractivity contribution in [2.75, 3.05) is 18.0 Å². The number of hydrogen-bond acceptors (Lipinski definition) is 5. The number of piperidine rings is 1. The fourth-order valence-electron chi connectivity index (χ4n) is 4.21. The molecule has 0 spiro atoms. The minimum absolute atomic E-state index is 0.0715. The number of fused-ring (bicyclic) bond motifs is 1. The van der Waals surface area contributed by atoms with Gasteiger partial charge in [-0.1, -0.05) is 6.42 Å². The van der Waals surface area contributed by atoms with Crippen LogP contribution in [0.4, 0.5) is 10.1 Å². The molecule has 8 heteroatoms. The zero-order valence-corrected chi connectivity index (χ0v) is 16.3. The third-order valence-electron chi connectivity index (χ3n) is 6.09. The second kappa shape index (κ2) is 7.19. The number of benzene rings is 1. The summed E-state index contributed by atoms with van der Waals surface area (Å²) in [5.41, 5.74) is 2.67. The SMILES string of the molecule is O=C1CCN(c2cc(C(=O)O)nc3c2c(C2CCC2)nn3-c2ccc(F)cc2)CC1. The number of carbonyl (C=O) groups excluding carboxylic acids is 1. The lowest BCUT2D eigenvalue weighted by Crippen LogP contribution is -2.34. The van der Waals surface area contributed by atoms with E-state index in [0.29, 0.717) is 37.3 Å². The first-order valence-electron chi connectivity index (χ1n) is 10.2. The molecule has 1 N–H and O–H groups in total. The summed E-state index contributed by atoms with van der Waals surface area (Å²) < 4.78 is 15.1. The third-order valence-corrected chi connectivity index (χ3v) is 6.09. The fraction of sp³-hybridized carbons (Fsp3) is 0.364. The van der Waals surface area contributed by atoms with Crippen LogP contribution in [0.3, 0.4) is 0 Å². The van der Waals surface area contributed by atoms with Crippen molar-refractivity contribution in [2.24, 2.45) is 0 Å². The number of halogens is 1. The molecule has 0 atom stereocenters. The number of Topliss-reactive ketones (excluding diaryl/α,β-unsaturated/α-hetero) is 1. The van der Waals surface area contributed by atoms with Crippen molar-refractivity contribution in [2.45, 2.75) is 38.0 Å². The molecule has 5 rings (SSSR count). The number of carboxylic acid groups (broad SMARTS) is 1. The molecule has 7 nitrogen and oxygen atoms in total. The largest absolute Gasteiger partial charge is 0.477 e. The summed E-state index contributed by atoms with van der Waals surface area (Å²) in [4.78, 5) is 30.0. The van der Waals surface area contributed by atoms with Crippen molar-refractivity contribution in [3.63, 3.8) is 0 Å². The first-order chi connectivity index (χ1) is 14.5. The number of aromatic nitrogens is 3. The molecule has 2 aliphatic rings. The van der Waals surface area contributed by atoms with E-state index in [4.69, 9.17) is 5.10 Å². The van der Waals surface area contributed by atoms with Crippen LogP contribution in [0.1, 0.15) is 54.2 Å². The number of ketones is 1. The highest BCUT2D eigenvalue weighted by molar-refractivity contribution is 5.99. The summed E-state index contributed by atoms with van der Waals surface area (Å²) in [5.74, 6) is -0.969. The maximum Gasteiger partial charge on any atom is 0.354 e. The molecular formula is C22H21FN4O3. The lowest BCUT2D eigenvalue weighted by molar-refractivity contribution is -0.119. The predicted octanol–water partition coefficient (Wildman–Crippen LogP) is 3.69. The maximum atomic E-state index is 13.5. The van der Waals surface area contributed by atoms with Gasteiger partial charge in [-0.2, -0.15) is 5.10 Å². The van der Waals surface area contributed by atoms with Gasteiger partial charge >= 0.3 is 5.97 Å². The van der Waals surface area contributed by atoms with Crippen molar-refractivity contribution >= 4 is 28.5 Å². The van der Waals surface area contributed by atoms with Crippen LogP contribution in [0.25, 0.3) is 16.7 Å². The third kappa shape index (κ3) is 3.12. The number of pyridine rings is 1. The minimum Gasteiger partial charge on any atom is -0.477 e. The van der Waals surface area contributed by atoms with Gasteiger partial charge in [-0.05, 0) is 43.2 Å². The summed E-state index contributed by atoms with van der Waals surface area (Å²) in [6.07, 6.45) is 4.06. The van der Waals surface area contributed by atoms with Crippen LogP contribution in [-0.4, -0.2) is 44.7 Å². The summed E-state index contributed by atoms with van der Waals surface area (Å²) in [5, 5.41) is 15.3. The molecule has 1 aromatic carbocycles. The molecule has 30 heavy (non-hydrogen) atoms. The van der Waals surface area contributed by atoms with E-state index in [1.807, 2.05) is 0 Å². The van der Waals surface area contributed by atoms with E-state index in [2.05, 4.69) is 9.88 Å². The van der Waals surface area contributed by atoms with Gasteiger partial charge in [0.25, 0.3) is 0 Å². The van der Waals surface area contributed by atoms with Crippen LogP contribution < -0.4 is 4.90 Å². The van der Waals surface area contributed by atoms with Crippen molar-refractivity contribution in [1.29, 1.82) is 0 Å². The Morgan fingerprint density at radius 3 is 2.43 bits per heavy atom. The van der Waals surface area contributed by atoms with E-state index in [1.165, 1.54) is 12.1 Å². The van der Waals surface area contributed by atoms with Gasteiger partial charge in [0.05, 0.1) is 22.5 Å². The Kier molecular flexibility index (Phi) is 4.49. The Morgan fingerprint density at radius 2 is 1.83 bits per heavy atom. The highest BCUT2D eigenvalue weighted by atomic mass is 19.1. The molecule has 154 valence electrons. The zero-order chi connectivity index (χ0) is 20.8. The minimum atomic E-state index is -1.12. The molecule has 1 saturated carbocycles. The number of anilines is 1. The normalized spacial score (nSPS) is 17.4. The molecule has 0 bridgehead atoms. The lowest BCUT2D eigenvalue weighted by Gasteiger charge is -2.30. The molecule has 1 saturated heterocycles. The number of nitrogens with zero attached hydrogens (tertiary/aromatic N) is 4. The molecule has 1 aliphatic carbocycles. The summed E-state index contributed by atoms with van der Waals surface area (Å²) in [7, 11) is 0. The fourth-order valence-corrected chi connectivity index (χ4v) is 4.21. The van der Waals surface area contributed by atoms with Gasteiger partial charge < -0.3 is 10.0 Å². The second-order valence-corrected chi connectivity index (χ2v) is 7.96. The summed E-state index contributed by atoms with van der Waals surface area (Å²) in [6, 6.07) is 7.52. The molecule has 2 aromatic heterocycles. The molecule has 0 radical (unpaired) electrons. The van der Waals surface area contributed by atoms with Crippen LogP contribution in [0.5, 0.6) is 0 Å². The van der Waals surface area contributed by atoms with Gasteiger partial charge in [-0.3, -0.25) is 4.79 Å². The van der Waals surface area contributed by atoms with Gasteiger partial charge in [-0.15, -0.1) is 0 Å². The Morgan fingerprint density at radius 1 is 1.13 bits per heavy atom. The van der Waals surface area contributed by atoms with Gasteiger partial charge in [0, 0.05) is 31.8 Å². The van der Waals surface area contributed by atoms with Gasteiger partial charge in [-0.25, -0.2) is 18.9 Å². The van der Waals surface area contributed by atoms with Crippen molar-refractivity contribution in [1.82, 2.24) is 14.8 Å². The van der Waals surface area contributed by atoms with Crippen molar-refractivity contribution in [3.8, 4) is 5.69 Å². The van der Waals surface area contributed by atoms with Crippen LogP contribution in [0.2, 0.25) is 0 Å². The highest BCUT2D eigenvalue weighted by Gasteiger charge is 2.31. The number of hydrogen-bond donors (Lipinski definition) is 1. The van der Waals surface area contributed by atoms with Gasteiger partial charge in [0.1, 0.15) is 11.6 Å². The average molecular weight is 408 g/mol. The molecular weight excluding hydrogens is 387 g/mol. The Bertz CT molecular complexity index is 1140. The highest BCUT2D eigenvalue weighted by Crippen LogP contribution is 2.43. The zero-order valence-electron chi connectivity index (χ0n) is 16.3. The van der Waals surface area contributed by atoms with Crippen LogP contribution in [-0.2, 0) is 4.79 Å². The van der Waals surface area contributed by atoms with E-state index in [-0.39, 0.29) is 23.2 Å². The first-order valence-corrected chi connectivity index (χ1v) is 10.2. The van der Waals surface area contributed by atoms with Gasteiger partial charge in [0.2, 0.25) is 0 Å². The Balaban J connectivity index is 1.76. The molecule has 3 heterocycles. The van der Waals surface area contributed by atoms with E-state index in [1.54, 1.807) is 22.9 Å². The topological polar surface area (TPSA) is 88.3 Å². The van der Waals surface area contributed by atoms with Gasteiger partial charge in [0.15, 0.2) is 11.3 Å². The smallest absolute Gasteiger partial charge is 0.354 e. The Labute approximate surface area is 172 Å². The van der Waals surface area contributed by atoms with E-state index in [9.17, 15) is 19.1 Å². The second-order valence-electron chi connectivity index (χ2n) is 7.96. The first kappa shape index (κ1) is 18.7. The molecule has 1 aliphatic heterocycles. The van der Waals surface area contributed by atoms with Crippen molar-refractivity contribution in [3.05, 3.63) is 47.5 Å². The molecule has 0 amide bonds. The van der Waals surface area contributed by atoms with Crippen LogP contribution >= 0.6 is 0 Å². The van der Waals surface area contributed by atoms with Crippen molar-refractivity contribution < 1.29 is 19.1 Å². The summed E-state index contributed by atoms with van der Waals surface area (Å²) in [6.45, 7) is 1.09. The van der Waals surface area contributed by atoms with E-state index in [0.717, 1.165) is 36.0 Å². The molecule has 3 aromatic rings. The summed E-state index contributed by atoms with van der Waals surface area (Å²) >= 11 is 0. The Hall–Kier alpha value is -3.29. The monoisotopic (exact) mass is 408 g/mol. The lowest BCUT2D eigenvalue weighted by atomic mass is 9.82.